The number of carboxylic acids is 1. The molecule has 4 nitrogen and oxygen atoms in total. The van der Waals surface area contributed by atoms with Gasteiger partial charge in [-0.1, -0.05) is 46.3 Å². The van der Waals surface area contributed by atoms with Crippen molar-refractivity contribution in [3.05, 3.63) is 76.4 Å². The number of aliphatic carboxylic acids is 1. The SMILES string of the molecule is O=C(O)C1CCCN1C(c1cccc(Br)c1)c1ccnc2ccccc12. The summed E-state index contributed by atoms with van der Waals surface area (Å²) in [5.41, 5.74) is 3.11. The third-order valence-electron chi connectivity index (χ3n) is 5.05. The van der Waals surface area contributed by atoms with Crippen LogP contribution in [0.25, 0.3) is 10.9 Å². The van der Waals surface area contributed by atoms with Crippen molar-refractivity contribution in [1.82, 2.24) is 9.88 Å². The van der Waals surface area contributed by atoms with Crippen molar-refractivity contribution in [1.29, 1.82) is 0 Å². The van der Waals surface area contributed by atoms with Crippen molar-refractivity contribution in [2.75, 3.05) is 6.54 Å². The van der Waals surface area contributed by atoms with Crippen LogP contribution in [0.4, 0.5) is 0 Å². The summed E-state index contributed by atoms with van der Waals surface area (Å²) in [4.78, 5) is 18.4. The Morgan fingerprint density at radius 1 is 1.19 bits per heavy atom. The average molecular weight is 411 g/mol. The van der Waals surface area contributed by atoms with E-state index in [1.54, 1.807) is 0 Å². The van der Waals surface area contributed by atoms with E-state index in [0.717, 1.165) is 39.5 Å². The summed E-state index contributed by atoms with van der Waals surface area (Å²) in [6.07, 6.45) is 3.39. The lowest BCUT2D eigenvalue weighted by Crippen LogP contribution is -2.39. The molecule has 2 aromatic carbocycles. The van der Waals surface area contributed by atoms with Gasteiger partial charge in [-0.15, -0.1) is 0 Å². The molecule has 0 radical (unpaired) electrons. The van der Waals surface area contributed by atoms with Gasteiger partial charge in [-0.25, -0.2) is 0 Å². The van der Waals surface area contributed by atoms with Gasteiger partial charge in [0.2, 0.25) is 0 Å². The Labute approximate surface area is 160 Å². The minimum atomic E-state index is -0.749. The van der Waals surface area contributed by atoms with Crippen LogP contribution in [-0.2, 0) is 4.79 Å². The predicted octanol–water partition coefficient (Wildman–Crippen LogP) is 4.64. The van der Waals surface area contributed by atoms with Gasteiger partial charge in [0.1, 0.15) is 6.04 Å². The quantitative estimate of drug-likeness (QED) is 0.680. The molecular weight excluding hydrogens is 392 g/mol. The molecule has 0 amide bonds. The Morgan fingerprint density at radius 3 is 2.85 bits per heavy atom. The maximum atomic E-state index is 11.8. The summed E-state index contributed by atoms with van der Waals surface area (Å²) in [5, 5.41) is 10.8. The molecule has 0 aliphatic carbocycles. The number of rotatable bonds is 4. The molecule has 0 bridgehead atoms. The smallest absolute Gasteiger partial charge is 0.320 e. The van der Waals surface area contributed by atoms with Crippen LogP contribution in [0.15, 0.2) is 65.3 Å². The Hall–Kier alpha value is -2.24. The van der Waals surface area contributed by atoms with Crippen LogP contribution < -0.4 is 0 Å². The molecule has 1 fully saturated rings. The summed E-state index contributed by atoms with van der Waals surface area (Å²) >= 11 is 3.56. The topological polar surface area (TPSA) is 53.4 Å². The summed E-state index contributed by atoms with van der Waals surface area (Å²) < 4.78 is 0.990. The first-order valence-electron chi connectivity index (χ1n) is 8.73. The molecule has 2 atom stereocenters. The fourth-order valence-corrected chi connectivity index (χ4v) is 4.36. The van der Waals surface area contributed by atoms with Crippen molar-refractivity contribution in [3.8, 4) is 0 Å². The van der Waals surface area contributed by atoms with Crippen molar-refractivity contribution in [2.24, 2.45) is 0 Å². The number of carboxylic acid groups (broad SMARTS) is 1. The summed E-state index contributed by atoms with van der Waals surface area (Å²) in [6, 6.07) is 17.6. The van der Waals surface area contributed by atoms with Crippen molar-refractivity contribution >= 4 is 32.8 Å². The van der Waals surface area contributed by atoms with E-state index >= 15 is 0 Å². The van der Waals surface area contributed by atoms with E-state index in [1.165, 1.54) is 0 Å². The number of benzene rings is 2. The summed E-state index contributed by atoms with van der Waals surface area (Å²) in [6.45, 7) is 0.769. The van der Waals surface area contributed by atoms with E-state index in [2.05, 4.69) is 44.0 Å². The van der Waals surface area contributed by atoms with Crippen molar-refractivity contribution in [2.45, 2.75) is 24.9 Å². The fourth-order valence-electron chi connectivity index (χ4n) is 3.95. The number of likely N-dealkylation sites (tertiary alicyclic amines) is 1. The molecule has 132 valence electrons. The van der Waals surface area contributed by atoms with Crippen molar-refractivity contribution < 1.29 is 9.90 Å². The highest BCUT2D eigenvalue weighted by Gasteiger charge is 2.37. The highest BCUT2D eigenvalue weighted by Crippen LogP contribution is 2.38. The third-order valence-corrected chi connectivity index (χ3v) is 5.55. The molecular formula is C21H19BrN2O2. The van der Waals surface area contributed by atoms with Gasteiger partial charge >= 0.3 is 5.97 Å². The molecule has 1 aliphatic rings. The minimum Gasteiger partial charge on any atom is -0.480 e. The van der Waals surface area contributed by atoms with E-state index < -0.39 is 12.0 Å². The third kappa shape index (κ3) is 3.13. The number of pyridine rings is 1. The number of nitrogens with zero attached hydrogens (tertiary/aromatic N) is 2. The second-order valence-corrected chi connectivity index (χ2v) is 7.52. The molecule has 2 heterocycles. The minimum absolute atomic E-state index is 0.121. The Bertz CT molecular complexity index is 954. The fraction of sp³-hybridized carbons (Fsp3) is 0.238. The largest absolute Gasteiger partial charge is 0.480 e. The van der Waals surface area contributed by atoms with Gasteiger partial charge in [0.05, 0.1) is 11.6 Å². The van der Waals surface area contributed by atoms with E-state index in [4.69, 9.17) is 0 Å². The lowest BCUT2D eigenvalue weighted by molar-refractivity contribution is -0.142. The Kier molecular flexibility index (Phi) is 4.74. The summed E-state index contributed by atoms with van der Waals surface area (Å²) in [7, 11) is 0. The molecule has 1 saturated heterocycles. The summed E-state index contributed by atoms with van der Waals surface area (Å²) in [5.74, 6) is -0.749. The standard InChI is InChI=1S/C21H19BrN2O2/c22-15-6-3-5-14(13-15)20(24-12-4-9-19(24)21(25)26)17-10-11-23-18-8-2-1-7-16(17)18/h1-3,5-8,10-11,13,19-20H,4,9,12H2,(H,25,26). The number of halogens is 1. The van der Waals surface area contributed by atoms with Gasteiger partial charge in [-0.05, 0) is 48.2 Å². The zero-order valence-corrected chi connectivity index (χ0v) is 15.8. The number of aromatic nitrogens is 1. The highest BCUT2D eigenvalue weighted by atomic mass is 79.9. The molecule has 1 N–H and O–H groups in total. The maximum absolute atomic E-state index is 11.8. The lowest BCUT2D eigenvalue weighted by Gasteiger charge is -2.32. The average Bonchev–Trinajstić information content (AvgIpc) is 3.12. The van der Waals surface area contributed by atoms with Crippen LogP contribution >= 0.6 is 15.9 Å². The molecule has 3 aromatic rings. The van der Waals surface area contributed by atoms with Crippen LogP contribution in [0.2, 0.25) is 0 Å². The van der Waals surface area contributed by atoms with Crippen LogP contribution in [0.3, 0.4) is 0 Å². The van der Waals surface area contributed by atoms with E-state index in [-0.39, 0.29) is 6.04 Å². The van der Waals surface area contributed by atoms with Gasteiger partial charge < -0.3 is 5.11 Å². The molecule has 2 unspecified atom stereocenters. The second kappa shape index (κ2) is 7.17. The predicted molar refractivity (Wildman–Crippen MR) is 105 cm³/mol. The van der Waals surface area contributed by atoms with Crippen molar-refractivity contribution in [3.63, 3.8) is 0 Å². The zero-order valence-electron chi connectivity index (χ0n) is 14.2. The molecule has 1 aromatic heterocycles. The molecule has 5 heteroatoms. The number of para-hydroxylation sites is 1. The van der Waals surface area contributed by atoms with Gasteiger partial charge in [-0.3, -0.25) is 14.7 Å². The van der Waals surface area contributed by atoms with Gasteiger partial charge in [0, 0.05) is 22.6 Å². The van der Waals surface area contributed by atoms with E-state index in [1.807, 2.05) is 42.6 Å². The van der Waals surface area contributed by atoms with Crippen LogP contribution in [0, 0.1) is 0 Å². The number of carbonyl (C=O) groups is 1. The van der Waals surface area contributed by atoms with E-state index in [0.29, 0.717) is 6.42 Å². The molecule has 0 saturated carbocycles. The molecule has 0 spiro atoms. The first-order chi connectivity index (χ1) is 12.6. The monoisotopic (exact) mass is 410 g/mol. The van der Waals surface area contributed by atoms with Gasteiger partial charge in [0.25, 0.3) is 0 Å². The van der Waals surface area contributed by atoms with E-state index in [9.17, 15) is 9.90 Å². The van der Waals surface area contributed by atoms with Gasteiger partial charge in [-0.2, -0.15) is 0 Å². The van der Waals surface area contributed by atoms with Crippen LogP contribution in [0.1, 0.15) is 30.0 Å². The van der Waals surface area contributed by atoms with Crippen LogP contribution in [0.5, 0.6) is 0 Å². The zero-order chi connectivity index (χ0) is 18.1. The second-order valence-electron chi connectivity index (χ2n) is 6.61. The molecule has 4 rings (SSSR count). The molecule has 26 heavy (non-hydrogen) atoms. The number of hydrogen-bond donors (Lipinski definition) is 1. The van der Waals surface area contributed by atoms with Gasteiger partial charge in [0.15, 0.2) is 0 Å². The number of hydrogen-bond acceptors (Lipinski definition) is 3. The first-order valence-corrected chi connectivity index (χ1v) is 9.52. The highest BCUT2D eigenvalue weighted by molar-refractivity contribution is 9.10. The van der Waals surface area contributed by atoms with Crippen LogP contribution in [-0.4, -0.2) is 33.5 Å². The Balaban J connectivity index is 1.92. The Morgan fingerprint density at radius 2 is 2.04 bits per heavy atom. The first kappa shape index (κ1) is 17.2. The normalized spacial score (nSPS) is 18.9. The number of fused-ring (bicyclic) bond motifs is 1. The molecule has 1 aliphatic heterocycles. The maximum Gasteiger partial charge on any atom is 0.320 e. The lowest BCUT2D eigenvalue weighted by atomic mass is 9.93.